The standard InChI is InChI=1S/C12H22N2O3/c1-9(8-13-2)10(15)14-12(11(16)17-3)6-4-5-7-12/h9,13H,4-8H2,1-3H3,(H,14,15). The SMILES string of the molecule is CNCC(C)C(=O)NC1(C(=O)OC)CCCC1. The highest BCUT2D eigenvalue weighted by molar-refractivity contribution is 5.89. The van der Waals surface area contributed by atoms with Crippen molar-refractivity contribution in [1.29, 1.82) is 0 Å². The van der Waals surface area contributed by atoms with E-state index in [1.165, 1.54) is 7.11 Å². The Bertz CT molecular complexity index is 285. The summed E-state index contributed by atoms with van der Waals surface area (Å²) in [7, 11) is 3.17. The molecule has 98 valence electrons. The van der Waals surface area contributed by atoms with E-state index in [-0.39, 0.29) is 17.8 Å². The van der Waals surface area contributed by atoms with E-state index in [1.54, 1.807) is 7.05 Å². The lowest BCUT2D eigenvalue weighted by Crippen LogP contribution is -2.55. The third-order valence-corrected chi connectivity index (χ3v) is 3.35. The van der Waals surface area contributed by atoms with Crippen molar-refractivity contribution >= 4 is 11.9 Å². The van der Waals surface area contributed by atoms with Crippen LogP contribution in [0.5, 0.6) is 0 Å². The molecule has 1 unspecified atom stereocenters. The van der Waals surface area contributed by atoms with Crippen LogP contribution >= 0.6 is 0 Å². The summed E-state index contributed by atoms with van der Waals surface area (Å²) in [6.45, 7) is 2.44. The highest BCUT2D eigenvalue weighted by atomic mass is 16.5. The summed E-state index contributed by atoms with van der Waals surface area (Å²) >= 11 is 0. The molecule has 1 saturated carbocycles. The van der Waals surface area contributed by atoms with Gasteiger partial charge in [-0.25, -0.2) is 4.79 Å². The molecule has 1 amide bonds. The van der Waals surface area contributed by atoms with Crippen molar-refractivity contribution in [3.05, 3.63) is 0 Å². The Kier molecular flexibility index (Phi) is 4.93. The lowest BCUT2D eigenvalue weighted by molar-refractivity contribution is -0.151. The van der Waals surface area contributed by atoms with Crippen LogP contribution in [0.2, 0.25) is 0 Å². The highest BCUT2D eigenvalue weighted by Crippen LogP contribution is 2.31. The first-order valence-corrected chi connectivity index (χ1v) is 6.11. The summed E-state index contributed by atoms with van der Waals surface area (Å²) in [5.74, 6) is -0.561. The molecule has 0 aliphatic heterocycles. The maximum Gasteiger partial charge on any atom is 0.331 e. The van der Waals surface area contributed by atoms with Crippen molar-refractivity contribution in [3.63, 3.8) is 0 Å². The van der Waals surface area contributed by atoms with Crippen LogP contribution in [0.1, 0.15) is 32.6 Å². The van der Waals surface area contributed by atoms with Crippen LogP contribution in [0.15, 0.2) is 0 Å². The normalized spacial score (nSPS) is 19.7. The summed E-state index contributed by atoms with van der Waals surface area (Å²) in [5, 5.41) is 5.83. The average Bonchev–Trinajstić information content (AvgIpc) is 2.78. The molecule has 17 heavy (non-hydrogen) atoms. The van der Waals surface area contributed by atoms with E-state index in [4.69, 9.17) is 4.74 Å². The molecule has 0 aromatic heterocycles. The van der Waals surface area contributed by atoms with Gasteiger partial charge in [-0.1, -0.05) is 19.8 Å². The lowest BCUT2D eigenvalue weighted by Gasteiger charge is -2.28. The number of nitrogens with one attached hydrogen (secondary N) is 2. The van der Waals surface area contributed by atoms with Crippen molar-refractivity contribution in [2.45, 2.75) is 38.1 Å². The molecular weight excluding hydrogens is 220 g/mol. The van der Waals surface area contributed by atoms with Gasteiger partial charge in [0.05, 0.1) is 7.11 Å². The van der Waals surface area contributed by atoms with Crippen molar-refractivity contribution in [1.82, 2.24) is 10.6 Å². The molecule has 2 N–H and O–H groups in total. The third kappa shape index (κ3) is 3.19. The zero-order valence-corrected chi connectivity index (χ0v) is 10.8. The first-order chi connectivity index (χ1) is 8.05. The van der Waals surface area contributed by atoms with Crippen LogP contribution in [0.4, 0.5) is 0 Å². The summed E-state index contributed by atoms with van der Waals surface area (Å²) in [4.78, 5) is 23.8. The van der Waals surface area contributed by atoms with E-state index in [0.717, 1.165) is 12.8 Å². The zero-order chi connectivity index (χ0) is 12.9. The fourth-order valence-corrected chi connectivity index (χ4v) is 2.31. The Balaban J connectivity index is 2.67. The predicted octanol–water partition coefficient (Wildman–Crippen LogP) is 0.444. The molecule has 0 spiro atoms. The minimum Gasteiger partial charge on any atom is -0.467 e. The molecule has 1 aliphatic rings. The second-order valence-electron chi connectivity index (χ2n) is 4.73. The first-order valence-electron chi connectivity index (χ1n) is 6.11. The topological polar surface area (TPSA) is 67.4 Å². The Morgan fingerprint density at radius 1 is 1.35 bits per heavy atom. The zero-order valence-electron chi connectivity index (χ0n) is 10.8. The first kappa shape index (κ1) is 14.0. The number of rotatable bonds is 5. The molecule has 5 heteroatoms. The molecule has 0 heterocycles. The minimum atomic E-state index is -0.784. The van der Waals surface area contributed by atoms with Crippen LogP contribution in [-0.4, -0.2) is 38.1 Å². The van der Waals surface area contributed by atoms with Crippen LogP contribution in [0, 0.1) is 5.92 Å². The summed E-state index contributed by atoms with van der Waals surface area (Å²) in [5.41, 5.74) is -0.784. The van der Waals surface area contributed by atoms with Gasteiger partial charge in [0.15, 0.2) is 0 Å². The van der Waals surface area contributed by atoms with Crippen molar-refractivity contribution < 1.29 is 14.3 Å². The Labute approximate surface area is 102 Å². The molecular formula is C12H22N2O3. The number of hydrogen-bond acceptors (Lipinski definition) is 4. The maximum absolute atomic E-state index is 12.0. The van der Waals surface area contributed by atoms with Gasteiger partial charge in [0, 0.05) is 12.5 Å². The number of carbonyl (C=O) groups is 2. The van der Waals surface area contributed by atoms with E-state index >= 15 is 0 Å². The van der Waals surface area contributed by atoms with Crippen molar-refractivity contribution in [2.24, 2.45) is 5.92 Å². The van der Waals surface area contributed by atoms with E-state index in [9.17, 15) is 9.59 Å². The van der Waals surface area contributed by atoms with Gasteiger partial charge < -0.3 is 15.4 Å². The molecule has 1 atom stereocenters. The molecule has 0 saturated heterocycles. The fourth-order valence-electron chi connectivity index (χ4n) is 2.31. The molecule has 1 rings (SSSR count). The number of amides is 1. The van der Waals surface area contributed by atoms with Crippen LogP contribution < -0.4 is 10.6 Å². The number of esters is 1. The van der Waals surface area contributed by atoms with Crippen molar-refractivity contribution in [3.8, 4) is 0 Å². The average molecular weight is 242 g/mol. The van der Waals surface area contributed by atoms with E-state index in [2.05, 4.69) is 10.6 Å². The number of carbonyl (C=O) groups excluding carboxylic acids is 2. The van der Waals surface area contributed by atoms with Gasteiger partial charge in [-0.05, 0) is 19.9 Å². The molecule has 5 nitrogen and oxygen atoms in total. The summed E-state index contributed by atoms with van der Waals surface area (Å²) in [6.07, 6.45) is 3.26. The highest BCUT2D eigenvalue weighted by Gasteiger charge is 2.43. The van der Waals surface area contributed by atoms with Gasteiger partial charge >= 0.3 is 5.97 Å². The molecule has 1 aliphatic carbocycles. The van der Waals surface area contributed by atoms with E-state index in [1.807, 2.05) is 6.92 Å². The minimum absolute atomic E-state index is 0.0911. The molecule has 0 aromatic carbocycles. The van der Waals surface area contributed by atoms with Crippen LogP contribution in [-0.2, 0) is 14.3 Å². The van der Waals surface area contributed by atoms with Crippen molar-refractivity contribution in [2.75, 3.05) is 20.7 Å². The smallest absolute Gasteiger partial charge is 0.331 e. The predicted molar refractivity (Wildman–Crippen MR) is 64.4 cm³/mol. The second-order valence-corrected chi connectivity index (χ2v) is 4.73. The lowest BCUT2D eigenvalue weighted by atomic mass is 9.96. The molecule has 1 fully saturated rings. The summed E-state index contributed by atoms with van der Waals surface area (Å²) < 4.78 is 4.81. The second kappa shape index (κ2) is 6.00. The van der Waals surface area contributed by atoms with E-state index < -0.39 is 5.54 Å². The number of methoxy groups -OCH3 is 1. The molecule has 0 bridgehead atoms. The van der Waals surface area contributed by atoms with Gasteiger partial charge in [-0.2, -0.15) is 0 Å². The van der Waals surface area contributed by atoms with Gasteiger partial charge in [0.2, 0.25) is 5.91 Å². The van der Waals surface area contributed by atoms with Gasteiger partial charge in [-0.3, -0.25) is 4.79 Å². The molecule has 0 radical (unpaired) electrons. The van der Waals surface area contributed by atoms with Crippen LogP contribution in [0.25, 0.3) is 0 Å². The Hall–Kier alpha value is -1.10. The quantitative estimate of drug-likeness (QED) is 0.687. The Morgan fingerprint density at radius 2 is 1.94 bits per heavy atom. The fraction of sp³-hybridized carbons (Fsp3) is 0.833. The summed E-state index contributed by atoms with van der Waals surface area (Å²) in [6, 6.07) is 0. The van der Waals surface area contributed by atoms with Gasteiger partial charge in [-0.15, -0.1) is 0 Å². The van der Waals surface area contributed by atoms with E-state index in [0.29, 0.717) is 19.4 Å². The number of hydrogen-bond donors (Lipinski definition) is 2. The van der Waals surface area contributed by atoms with Gasteiger partial charge in [0.25, 0.3) is 0 Å². The maximum atomic E-state index is 12.0. The van der Waals surface area contributed by atoms with Crippen LogP contribution in [0.3, 0.4) is 0 Å². The molecule has 0 aromatic rings. The van der Waals surface area contributed by atoms with Gasteiger partial charge in [0.1, 0.15) is 5.54 Å². The number of ether oxygens (including phenoxy) is 1. The monoisotopic (exact) mass is 242 g/mol. The Morgan fingerprint density at radius 3 is 2.41 bits per heavy atom. The third-order valence-electron chi connectivity index (χ3n) is 3.35. The largest absolute Gasteiger partial charge is 0.467 e.